The van der Waals surface area contributed by atoms with Gasteiger partial charge >= 0.3 is 6.29 Å². The molecule has 9 nitrogen and oxygen atoms in total. The Kier molecular flexibility index (Phi) is 6.64. The molecule has 1 aromatic carbocycles. The van der Waals surface area contributed by atoms with Crippen molar-refractivity contribution in [1.29, 1.82) is 0 Å². The smallest absolute Gasteiger partial charge is 0.475 e. The molecule has 180 valence electrons. The lowest BCUT2D eigenvalue weighted by atomic mass is 10.1. The van der Waals surface area contributed by atoms with Gasteiger partial charge in [0.15, 0.2) is 11.5 Å². The molecule has 0 radical (unpaired) electrons. The number of alkyl halides is 2. The van der Waals surface area contributed by atoms with Gasteiger partial charge in [-0.2, -0.15) is 0 Å². The van der Waals surface area contributed by atoms with Crippen molar-refractivity contribution < 1.29 is 37.7 Å². The fraction of sp³-hybridized carbons (Fsp3) is 0.348. The van der Waals surface area contributed by atoms with Crippen molar-refractivity contribution >= 4 is 17.9 Å². The van der Waals surface area contributed by atoms with Gasteiger partial charge in [0.05, 0.1) is 6.10 Å². The summed E-state index contributed by atoms with van der Waals surface area (Å²) < 4.78 is 40.4. The summed E-state index contributed by atoms with van der Waals surface area (Å²) in [7, 11) is 0. The predicted molar refractivity (Wildman–Crippen MR) is 116 cm³/mol. The fourth-order valence-electron chi connectivity index (χ4n) is 3.48. The highest BCUT2D eigenvalue weighted by molar-refractivity contribution is 5.95. The van der Waals surface area contributed by atoms with Crippen LogP contribution in [0.4, 0.5) is 8.78 Å². The Morgan fingerprint density at radius 1 is 1.15 bits per heavy atom. The Morgan fingerprint density at radius 2 is 1.85 bits per heavy atom. The van der Waals surface area contributed by atoms with Gasteiger partial charge in [-0.25, -0.2) is 4.98 Å². The van der Waals surface area contributed by atoms with Gasteiger partial charge in [-0.3, -0.25) is 9.59 Å². The lowest BCUT2D eigenvalue weighted by molar-refractivity contribution is -0.286. The number of aliphatic hydroxyl groups excluding tert-OH is 1. The van der Waals surface area contributed by atoms with Crippen molar-refractivity contribution in [3.63, 3.8) is 0 Å². The van der Waals surface area contributed by atoms with Gasteiger partial charge in [0, 0.05) is 50.1 Å². The third-order valence-corrected chi connectivity index (χ3v) is 5.18. The normalized spacial score (nSPS) is 17.6. The monoisotopic (exact) mass is 475 g/mol. The fourth-order valence-corrected chi connectivity index (χ4v) is 3.48. The van der Waals surface area contributed by atoms with Crippen molar-refractivity contribution in [3.05, 3.63) is 53.7 Å². The minimum atomic E-state index is -3.69. The van der Waals surface area contributed by atoms with Crippen LogP contribution < -0.4 is 14.2 Å². The largest absolute Gasteiger partial charge is 0.586 e. The highest BCUT2D eigenvalue weighted by Gasteiger charge is 2.43. The molecule has 1 fully saturated rings. The molecule has 1 N–H and O–H groups in total. The number of rotatable bonds is 6. The van der Waals surface area contributed by atoms with Crippen molar-refractivity contribution in [2.75, 3.05) is 32.8 Å². The first-order valence-corrected chi connectivity index (χ1v) is 10.6. The quantitative estimate of drug-likeness (QED) is 0.639. The molecule has 2 aliphatic heterocycles. The lowest BCUT2D eigenvalue weighted by Crippen LogP contribution is -2.50. The second-order valence-electron chi connectivity index (χ2n) is 7.87. The summed E-state index contributed by atoms with van der Waals surface area (Å²) in [5.74, 6) is -0.373. The molecular weight excluding hydrogens is 452 g/mol. The van der Waals surface area contributed by atoms with Gasteiger partial charge in [-0.15, -0.1) is 8.78 Å². The van der Waals surface area contributed by atoms with E-state index in [4.69, 9.17) is 4.74 Å². The van der Waals surface area contributed by atoms with E-state index >= 15 is 0 Å². The topological polar surface area (TPSA) is 101 Å². The first-order chi connectivity index (χ1) is 16.2. The zero-order valence-corrected chi connectivity index (χ0v) is 18.3. The molecule has 0 bridgehead atoms. The molecule has 11 heteroatoms. The van der Waals surface area contributed by atoms with Crippen LogP contribution in [0.25, 0.3) is 6.08 Å². The number of aliphatic hydroxyl groups is 1. The summed E-state index contributed by atoms with van der Waals surface area (Å²) in [5.41, 5.74) is 0.914. The van der Waals surface area contributed by atoms with Crippen molar-refractivity contribution in [2.24, 2.45) is 0 Å². The van der Waals surface area contributed by atoms with E-state index in [-0.39, 0.29) is 35.8 Å². The second kappa shape index (κ2) is 9.64. The first-order valence-electron chi connectivity index (χ1n) is 10.6. The maximum Gasteiger partial charge on any atom is 0.586 e. The zero-order chi connectivity index (χ0) is 24.3. The van der Waals surface area contributed by atoms with Crippen LogP contribution in [0.2, 0.25) is 0 Å². The number of pyridine rings is 1. The van der Waals surface area contributed by atoms with Crippen LogP contribution in [0.5, 0.6) is 17.4 Å². The summed E-state index contributed by atoms with van der Waals surface area (Å²) in [4.78, 5) is 32.6. The predicted octanol–water partition coefficient (Wildman–Crippen LogP) is 2.16. The number of halogens is 2. The highest BCUT2D eigenvalue weighted by Crippen LogP contribution is 2.41. The molecule has 0 spiro atoms. The molecule has 1 atom stereocenters. The number of hydrogen-bond donors (Lipinski definition) is 1. The highest BCUT2D eigenvalue weighted by atomic mass is 19.3. The summed E-state index contributed by atoms with van der Waals surface area (Å²) >= 11 is 0. The van der Waals surface area contributed by atoms with Gasteiger partial charge in [0.1, 0.15) is 6.61 Å². The van der Waals surface area contributed by atoms with Crippen LogP contribution in [0, 0.1) is 0 Å². The van der Waals surface area contributed by atoms with E-state index in [0.717, 1.165) is 0 Å². The van der Waals surface area contributed by atoms with Crippen LogP contribution in [0.15, 0.2) is 42.6 Å². The number of piperazine rings is 1. The summed E-state index contributed by atoms with van der Waals surface area (Å²) in [6, 6.07) is 7.36. The molecular formula is C23H23F2N3O6. The zero-order valence-electron chi connectivity index (χ0n) is 18.3. The van der Waals surface area contributed by atoms with Crippen molar-refractivity contribution in [2.45, 2.75) is 19.3 Å². The summed E-state index contributed by atoms with van der Waals surface area (Å²) in [6.07, 6.45) is -0.0315. The molecule has 1 saturated heterocycles. The number of carbonyl (C=O) groups is 2. The minimum Gasteiger partial charge on any atom is -0.475 e. The number of nitrogens with zero attached hydrogens (tertiary/aromatic N) is 3. The number of amides is 2. The number of aromatic nitrogens is 1. The Hall–Kier alpha value is -3.73. The SMILES string of the molecule is C[C@H](O)COc1cc(C(=O)N2CCN(C(=O)/C=C/c3ccc4c(c3)OC(F)(F)O4)CC2)ccn1. The molecule has 2 aromatic rings. The maximum atomic E-state index is 13.1. The van der Waals surface area contributed by atoms with Crippen molar-refractivity contribution in [3.8, 4) is 17.4 Å². The van der Waals surface area contributed by atoms with Crippen LogP contribution in [-0.2, 0) is 4.79 Å². The number of benzene rings is 1. The number of ether oxygens (including phenoxy) is 3. The molecule has 1 aromatic heterocycles. The van der Waals surface area contributed by atoms with E-state index in [1.54, 1.807) is 22.8 Å². The third-order valence-electron chi connectivity index (χ3n) is 5.18. The maximum absolute atomic E-state index is 13.1. The molecule has 0 saturated carbocycles. The lowest BCUT2D eigenvalue weighted by Gasteiger charge is -2.34. The summed E-state index contributed by atoms with van der Waals surface area (Å²) in [5, 5.41) is 9.32. The van der Waals surface area contributed by atoms with Crippen molar-refractivity contribution in [1.82, 2.24) is 14.8 Å². The van der Waals surface area contributed by atoms with E-state index in [2.05, 4.69) is 14.5 Å². The van der Waals surface area contributed by atoms with Crippen LogP contribution in [-0.4, -0.2) is 76.9 Å². The molecule has 4 rings (SSSR count). The standard InChI is InChI=1S/C23H23F2N3O6/c1-15(29)14-32-20-13-17(6-7-26-20)22(31)28-10-8-27(9-11-28)21(30)5-3-16-2-4-18-19(12-16)34-23(24,25)33-18/h2-7,12-13,15,29H,8-11,14H2,1H3/b5-3+/t15-/m0/s1. The average Bonchev–Trinajstić information content (AvgIpc) is 3.14. The van der Waals surface area contributed by atoms with Crippen LogP contribution >= 0.6 is 0 Å². The molecule has 2 aliphatic rings. The Balaban J connectivity index is 1.30. The van der Waals surface area contributed by atoms with Gasteiger partial charge in [0.2, 0.25) is 11.8 Å². The third kappa shape index (κ3) is 5.60. The average molecular weight is 475 g/mol. The van der Waals surface area contributed by atoms with Gasteiger partial charge < -0.3 is 29.1 Å². The van der Waals surface area contributed by atoms with Gasteiger partial charge in [-0.1, -0.05) is 6.07 Å². The number of fused-ring (bicyclic) bond motifs is 1. The van der Waals surface area contributed by atoms with Gasteiger partial charge in [0.25, 0.3) is 5.91 Å². The molecule has 3 heterocycles. The van der Waals surface area contributed by atoms with Crippen LogP contribution in [0.3, 0.4) is 0 Å². The van der Waals surface area contributed by atoms with E-state index in [1.807, 2.05) is 0 Å². The van der Waals surface area contributed by atoms with Crippen LogP contribution in [0.1, 0.15) is 22.8 Å². The number of carbonyl (C=O) groups excluding carboxylic acids is 2. The van der Waals surface area contributed by atoms with E-state index in [9.17, 15) is 23.5 Å². The van der Waals surface area contributed by atoms with E-state index in [1.165, 1.54) is 42.6 Å². The second-order valence-corrected chi connectivity index (χ2v) is 7.87. The molecule has 34 heavy (non-hydrogen) atoms. The molecule has 2 amide bonds. The van der Waals surface area contributed by atoms with E-state index in [0.29, 0.717) is 37.3 Å². The molecule has 0 aliphatic carbocycles. The first kappa shape index (κ1) is 23.4. The minimum absolute atomic E-state index is 0.0647. The Labute approximate surface area is 194 Å². The van der Waals surface area contributed by atoms with Gasteiger partial charge in [-0.05, 0) is 36.8 Å². The number of hydrogen-bond acceptors (Lipinski definition) is 7. The summed E-state index contributed by atoms with van der Waals surface area (Å²) in [6.45, 7) is 3.05. The Morgan fingerprint density at radius 3 is 2.59 bits per heavy atom. The Bertz CT molecular complexity index is 1100. The van der Waals surface area contributed by atoms with E-state index < -0.39 is 12.4 Å². The molecule has 0 unspecified atom stereocenters.